The molecule has 0 aliphatic rings. The molecule has 0 saturated heterocycles. The summed E-state index contributed by atoms with van der Waals surface area (Å²) in [7, 11) is 3.27. The number of hydrogen-bond acceptors (Lipinski definition) is 4. The van der Waals surface area contributed by atoms with Crippen LogP contribution in [0.3, 0.4) is 0 Å². The topological polar surface area (TPSA) is 44.5 Å². The summed E-state index contributed by atoms with van der Waals surface area (Å²) in [5.41, 5.74) is 7.88. The molecule has 90 valence electrons. The molecule has 0 fully saturated rings. The first-order valence-electron chi connectivity index (χ1n) is 5.28. The zero-order chi connectivity index (χ0) is 12.3. The molecule has 1 heterocycles. The van der Waals surface area contributed by atoms with Crippen LogP contribution in [0.25, 0.3) is 11.1 Å². The third-order valence-corrected chi connectivity index (χ3v) is 3.53. The Morgan fingerprint density at radius 3 is 2.41 bits per heavy atom. The van der Waals surface area contributed by atoms with Crippen molar-refractivity contribution in [1.82, 2.24) is 0 Å². The minimum Gasteiger partial charge on any atom is -0.493 e. The highest BCUT2D eigenvalue weighted by atomic mass is 32.1. The second kappa shape index (κ2) is 5.21. The monoisotopic (exact) mass is 249 g/mol. The molecular formula is C13H15NO2S. The lowest BCUT2D eigenvalue weighted by atomic mass is 10.1. The summed E-state index contributed by atoms with van der Waals surface area (Å²) in [6.45, 7) is 0.581. The van der Waals surface area contributed by atoms with Gasteiger partial charge in [-0.3, -0.25) is 0 Å². The number of hydrogen-bond donors (Lipinski definition) is 1. The van der Waals surface area contributed by atoms with Gasteiger partial charge in [0.25, 0.3) is 0 Å². The third kappa shape index (κ3) is 2.43. The Bertz CT molecular complexity index is 508. The second-order valence-corrected chi connectivity index (χ2v) is 4.57. The van der Waals surface area contributed by atoms with E-state index in [1.807, 2.05) is 18.2 Å². The Kier molecular flexibility index (Phi) is 3.66. The van der Waals surface area contributed by atoms with Gasteiger partial charge >= 0.3 is 0 Å². The van der Waals surface area contributed by atoms with Crippen LogP contribution < -0.4 is 15.2 Å². The van der Waals surface area contributed by atoms with E-state index < -0.39 is 0 Å². The predicted molar refractivity (Wildman–Crippen MR) is 70.8 cm³/mol. The van der Waals surface area contributed by atoms with Crippen molar-refractivity contribution in [2.75, 3.05) is 14.2 Å². The summed E-state index contributed by atoms with van der Waals surface area (Å²) in [4.78, 5) is 1.18. The maximum absolute atomic E-state index is 5.61. The van der Waals surface area contributed by atoms with E-state index in [0.29, 0.717) is 6.54 Å². The lowest BCUT2D eigenvalue weighted by molar-refractivity contribution is 0.355. The number of benzene rings is 1. The van der Waals surface area contributed by atoms with Gasteiger partial charge in [0.15, 0.2) is 11.5 Å². The minimum absolute atomic E-state index is 0.581. The molecule has 0 amide bonds. The molecule has 0 spiro atoms. The van der Waals surface area contributed by atoms with E-state index in [1.165, 1.54) is 4.88 Å². The van der Waals surface area contributed by atoms with Crippen LogP contribution in [-0.4, -0.2) is 14.2 Å². The van der Waals surface area contributed by atoms with Crippen molar-refractivity contribution < 1.29 is 9.47 Å². The van der Waals surface area contributed by atoms with Gasteiger partial charge in [-0.25, -0.2) is 0 Å². The molecule has 2 aromatic rings. The number of rotatable bonds is 4. The molecule has 0 bridgehead atoms. The second-order valence-electron chi connectivity index (χ2n) is 3.58. The fourth-order valence-electron chi connectivity index (χ4n) is 1.65. The van der Waals surface area contributed by atoms with Crippen molar-refractivity contribution in [2.24, 2.45) is 5.73 Å². The SMILES string of the molecule is COc1ccc(-c2csc(CN)c2)cc1OC. The van der Waals surface area contributed by atoms with Gasteiger partial charge in [0.2, 0.25) is 0 Å². The predicted octanol–water partition coefficient (Wildman–Crippen LogP) is 2.89. The smallest absolute Gasteiger partial charge is 0.161 e. The molecule has 0 radical (unpaired) electrons. The maximum Gasteiger partial charge on any atom is 0.161 e. The van der Waals surface area contributed by atoms with Gasteiger partial charge in [0.1, 0.15) is 0 Å². The Balaban J connectivity index is 2.38. The average molecular weight is 249 g/mol. The summed E-state index contributed by atoms with van der Waals surface area (Å²) in [6.07, 6.45) is 0. The van der Waals surface area contributed by atoms with E-state index in [2.05, 4.69) is 11.4 Å². The fraction of sp³-hybridized carbons (Fsp3) is 0.231. The number of thiophene rings is 1. The molecule has 0 atom stereocenters. The first-order chi connectivity index (χ1) is 8.28. The first-order valence-corrected chi connectivity index (χ1v) is 6.16. The largest absolute Gasteiger partial charge is 0.493 e. The Hall–Kier alpha value is -1.52. The zero-order valence-electron chi connectivity index (χ0n) is 9.90. The van der Waals surface area contributed by atoms with Gasteiger partial charge in [-0.1, -0.05) is 6.07 Å². The van der Waals surface area contributed by atoms with Gasteiger partial charge in [0, 0.05) is 11.4 Å². The highest BCUT2D eigenvalue weighted by molar-refractivity contribution is 7.10. The number of ether oxygens (including phenoxy) is 2. The fourth-order valence-corrected chi connectivity index (χ4v) is 2.43. The number of methoxy groups -OCH3 is 2. The third-order valence-electron chi connectivity index (χ3n) is 2.57. The highest BCUT2D eigenvalue weighted by Crippen LogP contribution is 2.33. The average Bonchev–Trinajstić information content (AvgIpc) is 2.86. The van der Waals surface area contributed by atoms with E-state index in [-0.39, 0.29) is 0 Å². The molecular weight excluding hydrogens is 234 g/mol. The molecule has 3 nitrogen and oxygen atoms in total. The zero-order valence-corrected chi connectivity index (χ0v) is 10.7. The number of nitrogens with two attached hydrogens (primary N) is 1. The van der Waals surface area contributed by atoms with E-state index in [0.717, 1.165) is 22.6 Å². The van der Waals surface area contributed by atoms with Crippen LogP contribution in [0, 0.1) is 0 Å². The van der Waals surface area contributed by atoms with E-state index in [1.54, 1.807) is 25.6 Å². The maximum atomic E-state index is 5.61. The van der Waals surface area contributed by atoms with Gasteiger partial charge in [-0.2, -0.15) is 0 Å². The van der Waals surface area contributed by atoms with E-state index in [9.17, 15) is 0 Å². The Morgan fingerprint density at radius 1 is 1.06 bits per heavy atom. The van der Waals surface area contributed by atoms with Crippen LogP contribution in [0.5, 0.6) is 11.5 Å². The van der Waals surface area contributed by atoms with E-state index in [4.69, 9.17) is 15.2 Å². The summed E-state index contributed by atoms with van der Waals surface area (Å²) in [5.74, 6) is 1.48. The van der Waals surface area contributed by atoms with Gasteiger partial charge in [0.05, 0.1) is 14.2 Å². The minimum atomic E-state index is 0.581. The Morgan fingerprint density at radius 2 is 1.82 bits per heavy atom. The van der Waals surface area contributed by atoms with Crippen LogP contribution in [0.15, 0.2) is 29.6 Å². The van der Waals surface area contributed by atoms with Gasteiger partial charge < -0.3 is 15.2 Å². The summed E-state index contributed by atoms with van der Waals surface area (Å²) in [6, 6.07) is 8.00. The quantitative estimate of drug-likeness (QED) is 0.906. The molecule has 17 heavy (non-hydrogen) atoms. The van der Waals surface area contributed by atoms with Crippen molar-refractivity contribution in [2.45, 2.75) is 6.54 Å². The van der Waals surface area contributed by atoms with Crippen LogP contribution in [0.4, 0.5) is 0 Å². The van der Waals surface area contributed by atoms with Crippen LogP contribution in [-0.2, 0) is 6.54 Å². The molecule has 2 rings (SSSR count). The Labute approximate surface area is 105 Å². The molecule has 2 N–H and O–H groups in total. The van der Waals surface area contributed by atoms with E-state index >= 15 is 0 Å². The molecule has 1 aromatic heterocycles. The van der Waals surface area contributed by atoms with Gasteiger partial charge in [-0.05, 0) is 34.7 Å². The normalized spacial score (nSPS) is 10.3. The van der Waals surface area contributed by atoms with Crippen molar-refractivity contribution in [3.8, 4) is 22.6 Å². The van der Waals surface area contributed by atoms with Crippen LogP contribution in [0.2, 0.25) is 0 Å². The lowest BCUT2D eigenvalue weighted by Gasteiger charge is -2.08. The van der Waals surface area contributed by atoms with Crippen LogP contribution in [0.1, 0.15) is 4.88 Å². The van der Waals surface area contributed by atoms with Crippen LogP contribution >= 0.6 is 11.3 Å². The van der Waals surface area contributed by atoms with Gasteiger partial charge in [-0.15, -0.1) is 11.3 Å². The standard InChI is InChI=1S/C13H15NO2S/c1-15-12-4-3-9(6-13(12)16-2)10-5-11(7-14)17-8-10/h3-6,8H,7,14H2,1-2H3. The molecule has 0 unspecified atom stereocenters. The molecule has 4 heteroatoms. The molecule has 0 aliphatic heterocycles. The molecule has 0 aliphatic carbocycles. The van der Waals surface area contributed by atoms with Crippen molar-refractivity contribution in [3.63, 3.8) is 0 Å². The summed E-state index contributed by atoms with van der Waals surface area (Å²) in [5, 5.41) is 2.10. The summed E-state index contributed by atoms with van der Waals surface area (Å²) >= 11 is 1.67. The van der Waals surface area contributed by atoms with Crippen molar-refractivity contribution in [3.05, 3.63) is 34.5 Å². The lowest BCUT2D eigenvalue weighted by Crippen LogP contribution is -1.92. The molecule has 0 saturated carbocycles. The molecule has 1 aromatic carbocycles. The highest BCUT2D eigenvalue weighted by Gasteiger charge is 2.07. The summed E-state index contributed by atoms with van der Waals surface area (Å²) < 4.78 is 10.5. The van der Waals surface area contributed by atoms with Crippen molar-refractivity contribution in [1.29, 1.82) is 0 Å². The van der Waals surface area contributed by atoms with Crippen molar-refractivity contribution >= 4 is 11.3 Å². The first kappa shape index (κ1) is 12.0.